The second-order valence-electron chi connectivity index (χ2n) is 2.44. The van der Waals surface area contributed by atoms with Crippen LogP contribution in [-0.4, -0.2) is 15.0 Å². The van der Waals surface area contributed by atoms with E-state index in [0.29, 0.717) is 0 Å². The van der Waals surface area contributed by atoms with Gasteiger partial charge in [-0.3, -0.25) is 9.97 Å². The van der Waals surface area contributed by atoms with Gasteiger partial charge >= 0.3 is 0 Å². The Morgan fingerprint density at radius 3 is 2.64 bits per heavy atom. The van der Waals surface area contributed by atoms with Gasteiger partial charge in [0.2, 0.25) is 0 Å². The maximum atomic E-state index is 3.99. The Hall–Kier alpha value is -0.406. The summed E-state index contributed by atoms with van der Waals surface area (Å²) in [5.74, 6) is 0. The maximum Gasteiger partial charge on any atom is 0.112 e. The van der Waals surface area contributed by atoms with Crippen LogP contribution in [0.2, 0.25) is 0 Å². The number of hydrogen-bond donors (Lipinski definition) is 0. The van der Waals surface area contributed by atoms with Gasteiger partial charge in [0.25, 0.3) is 0 Å². The van der Waals surface area contributed by atoms with E-state index in [2.05, 4.69) is 21.1 Å². The Labute approximate surface area is 109 Å². The molecule has 2 aromatic rings. The first-order valence-electron chi connectivity index (χ1n) is 4.05. The van der Waals surface area contributed by atoms with Crippen molar-refractivity contribution in [3.8, 4) is 0 Å². The zero-order chi connectivity index (χ0) is 9.52. The summed E-state index contributed by atoms with van der Waals surface area (Å²) in [5.41, 5.74) is 1.64. The quantitative estimate of drug-likeness (QED) is 0.682. The molecular weight excluding hydrogens is 251 g/mol. The van der Waals surface area contributed by atoms with Crippen molar-refractivity contribution >= 4 is 11.0 Å². The number of pyridine rings is 1. The molecule has 2 aromatic heterocycles. The van der Waals surface area contributed by atoms with E-state index in [1.807, 2.05) is 26.3 Å². The van der Waals surface area contributed by atoms with Gasteiger partial charge in [-0.15, -0.1) is 6.07 Å². The van der Waals surface area contributed by atoms with Crippen LogP contribution < -0.4 is 0 Å². The predicted octanol–water partition coefficient (Wildman–Crippen LogP) is 2.05. The van der Waals surface area contributed by atoms with Gasteiger partial charge in [-0.25, -0.2) is 0 Å². The third kappa shape index (κ3) is 4.20. The Morgan fingerprint density at radius 2 is 2.00 bits per heavy atom. The van der Waals surface area contributed by atoms with Crippen molar-refractivity contribution in [3.05, 3.63) is 37.3 Å². The molecule has 0 unspecified atom stereocenters. The van der Waals surface area contributed by atoms with E-state index in [9.17, 15) is 0 Å². The number of aromatic nitrogens is 3. The van der Waals surface area contributed by atoms with Crippen LogP contribution in [0.5, 0.6) is 0 Å². The molecule has 0 spiro atoms. The largest absolute Gasteiger partial charge is 0.383 e. The molecule has 0 aromatic carbocycles. The number of fused-ring (bicyclic) bond motifs is 1. The summed E-state index contributed by atoms with van der Waals surface area (Å²) in [4.78, 5) is 11.7. The SMILES string of the molecule is C[CH-]C.[Y].[c-]1ccc2ncncc2n1. The fourth-order valence-corrected chi connectivity index (χ4v) is 0.769. The van der Waals surface area contributed by atoms with E-state index in [1.54, 1.807) is 12.3 Å². The summed E-state index contributed by atoms with van der Waals surface area (Å²) in [6, 6.07) is 3.58. The Balaban J connectivity index is 0.000000381. The van der Waals surface area contributed by atoms with Gasteiger partial charge in [0.05, 0.1) is 0 Å². The van der Waals surface area contributed by atoms with E-state index in [1.165, 1.54) is 6.33 Å². The fourth-order valence-electron chi connectivity index (χ4n) is 0.769. The van der Waals surface area contributed by atoms with Gasteiger partial charge in [-0.05, 0) is 11.0 Å². The van der Waals surface area contributed by atoms with Gasteiger partial charge in [-0.1, -0.05) is 6.20 Å². The van der Waals surface area contributed by atoms with Crippen molar-refractivity contribution < 1.29 is 32.7 Å². The van der Waals surface area contributed by atoms with Crippen LogP contribution in [0.25, 0.3) is 11.0 Å². The second-order valence-corrected chi connectivity index (χ2v) is 2.44. The Kier molecular flexibility index (Phi) is 7.72. The predicted molar refractivity (Wildman–Crippen MR) is 51.8 cm³/mol. The molecule has 0 atom stereocenters. The molecule has 4 heteroatoms. The normalized spacial score (nSPS) is 8.43. The third-order valence-corrected chi connectivity index (χ3v) is 1.22. The smallest absolute Gasteiger partial charge is 0.112 e. The summed E-state index contributed by atoms with van der Waals surface area (Å²) in [7, 11) is 0. The monoisotopic (exact) mass is 262 g/mol. The minimum Gasteiger partial charge on any atom is -0.383 e. The van der Waals surface area contributed by atoms with Crippen molar-refractivity contribution in [2.75, 3.05) is 0 Å². The van der Waals surface area contributed by atoms with Gasteiger partial charge in [0, 0.05) is 38.9 Å². The van der Waals surface area contributed by atoms with Crippen molar-refractivity contribution in [2.24, 2.45) is 0 Å². The van der Waals surface area contributed by atoms with Crippen molar-refractivity contribution in [2.45, 2.75) is 13.8 Å². The summed E-state index contributed by atoms with van der Waals surface area (Å²) in [6.07, 6.45) is 7.87. The van der Waals surface area contributed by atoms with Crippen LogP contribution in [0, 0.1) is 12.6 Å². The van der Waals surface area contributed by atoms with Gasteiger partial charge in [0.15, 0.2) is 0 Å². The van der Waals surface area contributed by atoms with Gasteiger partial charge in [0.1, 0.15) is 6.33 Å². The topological polar surface area (TPSA) is 38.7 Å². The molecule has 3 nitrogen and oxygen atoms in total. The first-order valence-corrected chi connectivity index (χ1v) is 4.05. The van der Waals surface area contributed by atoms with Crippen molar-refractivity contribution in [1.82, 2.24) is 15.0 Å². The third-order valence-electron chi connectivity index (χ3n) is 1.22. The summed E-state index contributed by atoms with van der Waals surface area (Å²) in [6.45, 7) is 4.00. The van der Waals surface area contributed by atoms with Gasteiger partial charge < -0.3 is 11.4 Å². The molecule has 2 rings (SSSR count). The maximum absolute atomic E-state index is 3.99. The molecule has 0 bridgehead atoms. The van der Waals surface area contributed by atoms with Gasteiger partial charge in [-0.2, -0.15) is 19.9 Å². The van der Waals surface area contributed by atoms with E-state index in [-0.39, 0.29) is 32.7 Å². The molecule has 0 amide bonds. The average molecular weight is 262 g/mol. The van der Waals surface area contributed by atoms with E-state index in [4.69, 9.17) is 0 Å². The Bertz CT molecular complexity index is 300. The molecular formula is C10H11N3Y-2. The Morgan fingerprint density at radius 1 is 1.29 bits per heavy atom. The first-order chi connectivity index (χ1) is 6.38. The molecule has 71 valence electrons. The average Bonchev–Trinajstić information content (AvgIpc) is 2.19. The number of rotatable bonds is 0. The van der Waals surface area contributed by atoms with Crippen molar-refractivity contribution in [3.63, 3.8) is 0 Å². The minimum absolute atomic E-state index is 0. The molecule has 0 aliphatic rings. The van der Waals surface area contributed by atoms with E-state index in [0.717, 1.165) is 11.0 Å². The summed E-state index contributed by atoms with van der Waals surface area (Å²) < 4.78 is 0. The van der Waals surface area contributed by atoms with Crippen LogP contribution in [-0.2, 0) is 32.7 Å². The van der Waals surface area contributed by atoms with Crippen LogP contribution in [0.1, 0.15) is 13.8 Å². The van der Waals surface area contributed by atoms with Crippen LogP contribution >= 0.6 is 0 Å². The van der Waals surface area contributed by atoms with Crippen molar-refractivity contribution in [1.29, 1.82) is 0 Å². The summed E-state index contributed by atoms with van der Waals surface area (Å²) >= 11 is 0. The van der Waals surface area contributed by atoms with Crippen LogP contribution in [0.4, 0.5) is 0 Å². The molecule has 0 aliphatic heterocycles. The molecule has 2 heterocycles. The van der Waals surface area contributed by atoms with E-state index >= 15 is 0 Å². The summed E-state index contributed by atoms with van der Waals surface area (Å²) in [5, 5.41) is 0. The minimum atomic E-state index is 0. The second kappa shape index (κ2) is 7.95. The molecule has 14 heavy (non-hydrogen) atoms. The molecule has 0 N–H and O–H groups in total. The standard InChI is InChI=1S/C7H4N3.C3H7.Y/c1-2-6-7(9-3-1)4-8-5-10-6;1-3-2;/h1-2,4-5H;3H,1-2H3;/q2*-1;. The van der Waals surface area contributed by atoms with Crippen LogP contribution in [0.3, 0.4) is 0 Å². The zero-order valence-corrected chi connectivity index (χ0v) is 11.1. The molecule has 0 fully saturated rings. The molecule has 0 saturated carbocycles. The van der Waals surface area contributed by atoms with Crippen LogP contribution in [0.15, 0.2) is 24.7 Å². The molecule has 1 radical (unpaired) electrons. The first kappa shape index (κ1) is 13.6. The van der Waals surface area contributed by atoms with E-state index < -0.39 is 0 Å². The zero-order valence-electron chi connectivity index (χ0n) is 8.31. The molecule has 0 aliphatic carbocycles. The number of hydrogen-bond acceptors (Lipinski definition) is 3. The molecule has 0 saturated heterocycles. The number of nitrogens with zero attached hydrogens (tertiary/aromatic N) is 3. The fraction of sp³-hybridized carbons (Fsp3) is 0.200.